The number of thiocarbonyl (C=S) groups is 1. The summed E-state index contributed by atoms with van der Waals surface area (Å²) >= 11 is 10.9. The molecule has 1 heterocycles. The van der Waals surface area contributed by atoms with Crippen LogP contribution in [0.15, 0.2) is 40.8 Å². The van der Waals surface area contributed by atoms with Gasteiger partial charge in [0.25, 0.3) is 0 Å². The van der Waals surface area contributed by atoms with Crippen LogP contribution in [0.1, 0.15) is 16.3 Å². The van der Waals surface area contributed by atoms with Crippen LogP contribution in [0, 0.1) is 0 Å². The fourth-order valence-electron chi connectivity index (χ4n) is 1.77. The van der Waals surface area contributed by atoms with Crippen molar-refractivity contribution in [3.05, 3.63) is 52.9 Å². The number of hydrogen-bond donors (Lipinski definition) is 3. The van der Waals surface area contributed by atoms with Gasteiger partial charge in [-0.3, -0.25) is 15.6 Å². The second kappa shape index (κ2) is 7.96. The van der Waals surface area contributed by atoms with E-state index in [4.69, 9.17) is 28.2 Å². The van der Waals surface area contributed by atoms with Crippen molar-refractivity contribution in [2.75, 3.05) is 19.4 Å². The Balaban J connectivity index is 1.82. The average Bonchev–Trinajstić information content (AvgIpc) is 2.95. The van der Waals surface area contributed by atoms with E-state index in [1.165, 1.54) is 0 Å². The lowest BCUT2D eigenvalue weighted by atomic mass is 10.3. The van der Waals surface area contributed by atoms with Gasteiger partial charge in [-0.2, -0.15) is 0 Å². The molecule has 0 unspecified atom stereocenters. The quantitative estimate of drug-likeness (QED) is 0.580. The molecule has 0 aliphatic carbocycles. The van der Waals surface area contributed by atoms with E-state index in [1.54, 1.807) is 36.4 Å². The maximum absolute atomic E-state index is 12.0. The van der Waals surface area contributed by atoms with Crippen molar-refractivity contribution in [1.82, 2.24) is 15.8 Å². The minimum Gasteiger partial charge on any atom is -0.454 e. The number of carbonyl (C=O) groups excluding carboxylic acids is 1. The topological polar surface area (TPSA) is 69.5 Å². The van der Waals surface area contributed by atoms with Gasteiger partial charge in [0.05, 0.1) is 6.54 Å². The Hall–Kier alpha value is -2.09. The van der Waals surface area contributed by atoms with Crippen LogP contribution in [0.2, 0.25) is 5.02 Å². The lowest BCUT2D eigenvalue weighted by Crippen LogP contribution is -2.43. The number of hydrogen-bond acceptors (Lipinski definition) is 4. The number of carbonyl (C=O) groups is 1. The van der Waals surface area contributed by atoms with Crippen LogP contribution in [0.4, 0.5) is 5.69 Å². The molecule has 1 aromatic carbocycles. The summed E-state index contributed by atoms with van der Waals surface area (Å²) < 4.78 is 5.45. The van der Waals surface area contributed by atoms with Crippen molar-refractivity contribution in [2.24, 2.45) is 0 Å². The van der Waals surface area contributed by atoms with Crippen molar-refractivity contribution in [3.63, 3.8) is 0 Å². The zero-order valence-corrected chi connectivity index (χ0v) is 14.3. The molecule has 0 saturated heterocycles. The van der Waals surface area contributed by atoms with Gasteiger partial charge in [-0.15, -0.1) is 0 Å². The maximum atomic E-state index is 12.0. The third-order valence-electron chi connectivity index (χ3n) is 2.75. The first-order chi connectivity index (χ1) is 10.9. The van der Waals surface area contributed by atoms with Gasteiger partial charge < -0.3 is 14.6 Å². The standard InChI is InChI=1S/C15H17ClN4O2S/c1-20(2)9-12-7-8-13(22-12)14(21)18-19-15(23)17-11-5-3-10(16)4-6-11/h3-8H,9H2,1-2H3,(H,18,21)(H2,17,19,23). The van der Waals surface area contributed by atoms with Gasteiger partial charge >= 0.3 is 5.91 Å². The molecule has 0 aliphatic heterocycles. The first-order valence-corrected chi connectivity index (χ1v) is 7.59. The van der Waals surface area contributed by atoms with E-state index < -0.39 is 5.91 Å². The predicted octanol–water partition coefficient (Wildman–Crippen LogP) is 2.63. The molecule has 122 valence electrons. The van der Waals surface area contributed by atoms with E-state index in [0.717, 1.165) is 5.69 Å². The largest absolute Gasteiger partial charge is 0.454 e. The molecule has 0 bridgehead atoms. The lowest BCUT2D eigenvalue weighted by molar-refractivity contribution is 0.0913. The van der Waals surface area contributed by atoms with Gasteiger partial charge in [0.15, 0.2) is 10.9 Å². The molecule has 6 nitrogen and oxygen atoms in total. The number of hydrazine groups is 1. The monoisotopic (exact) mass is 352 g/mol. The molecule has 1 amide bonds. The van der Waals surface area contributed by atoms with Crippen LogP contribution < -0.4 is 16.2 Å². The minimum absolute atomic E-state index is 0.212. The Bertz CT molecular complexity index is 685. The molecule has 2 rings (SSSR count). The summed E-state index contributed by atoms with van der Waals surface area (Å²) in [6.45, 7) is 0.622. The number of furan rings is 1. The molecule has 0 radical (unpaired) electrons. The van der Waals surface area contributed by atoms with Crippen molar-refractivity contribution in [1.29, 1.82) is 0 Å². The number of halogens is 1. The normalized spacial score (nSPS) is 10.4. The van der Waals surface area contributed by atoms with E-state index in [2.05, 4.69) is 16.2 Å². The number of rotatable bonds is 4. The second-order valence-corrected chi connectivity index (χ2v) is 5.89. The fraction of sp³-hybridized carbons (Fsp3) is 0.200. The molecule has 0 aliphatic rings. The van der Waals surface area contributed by atoms with Gasteiger partial charge in [0.1, 0.15) is 5.76 Å². The number of anilines is 1. The van der Waals surface area contributed by atoms with Crippen LogP contribution in [0.5, 0.6) is 0 Å². The average molecular weight is 353 g/mol. The van der Waals surface area contributed by atoms with Gasteiger partial charge in [-0.05, 0) is 62.7 Å². The summed E-state index contributed by atoms with van der Waals surface area (Å²) in [7, 11) is 3.84. The smallest absolute Gasteiger partial charge is 0.305 e. The van der Waals surface area contributed by atoms with Crippen LogP contribution >= 0.6 is 23.8 Å². The van der Waals surface area contributed by atoms with Gasteiger partial charge in [0, 0.05) is 10.7 Å². The highest BCUT2D eigenvalue weighted by Crippen LogP contribution is 2.13. The van der Waals surface area contributed by atoms with Crippen molar-refractivity contribution in [3.8, 4) is 0 Å². The molecule has 3 N–H and O–H groups in total. The molecule has 0 saturated carbocycles. The Kier molecular flexibility index (Phi) is 5.97. The number of nitrogens with zero attached hydrogens (tertiary/aromatic N) is 1. The molecular weight excluding hydrogens is 336 g/mol. The molecule has 0 fully saturated rings. The summed E-state index contributed by atoms with van der Waals surface area (Å²) in [5.41, 5.74) is 5.84. The maximum Gasteiger partial charge on any atom is 0.305 e. The van der Waals surface area contributed by atoms with Gasteiger partial charge in [-0.25, -0.2) is 0 Å². The lowest BCUT2D eigenvalue weighted by Gasteiger charge is -2.11. The fourth-order valence-corrected chi connectivity index (χ4v) is 2.06. The van der Waals surface area contributed by atoms with Crippen molar-refractivity contribution >= 4 is 40.5 Å². The van der Waals surface area contributed by atoms with Gasteiger partial charge in [0.2, 0.25) is 0 Å². The van der Waals surface area contributed by atoms with Crippen molar-refractivity contribution < 1.29 is 9.21 Å². The van der Waals surface area contributed by atoms with Crippen molar-refractivity contribution in [2.45, 2.75) is 6.54 Å². The Labute approximate surface area is 144 Å². The highest BCUT2D eigenvalue weighted by atomic mass is 35.5. The first kappa shape index (κ1) is 17.3. The van der Waals surface area contributed by atoms with E-state index >= 15 is 0 Å². The third kappa shape index (κ3) is 5.55. The molecular formula is C15H17ClN4O2S. The Morgan fingerprint density at radius 2 is 1.87 bits per heavy atom. The Morgan fingerprint density at radius 3 is 2.52 bits per heavy atom. The van der Waals surface area contributed by atoms with Crippen LogP contribution in [0.3, 0.4) is 0 Å². The third-order valence-corrected chi connectivity index (χ3v) is 3.21. The SMILES string of the molecule is CN(C)Cc1ccc(C(=O)NNC(=S)Nc2ccc(Cl)cc2)o1. The zero-order valence-electron chi connectivity index (χ0n) is 12.7. The molecule has 1 aromatic heterocycles. The van der Waals surface area contributed by atoms with Crippen LogP contribution in [0.25, 0.3) is 0 Å². The summed E-state index contributed by atoms with van der Waals surface area (Å²) in [5.74, 6) is 0.515. The zero-order chi connectivity index (χ0) is 16.8. The van der Waals surface area contributed by atoms with E-state index in [1.807, 2.05) is 19.0 Å². The number of benzene rings is 1. The van der Waals surface area contributed by atoms with E-state index in [9.17, 15) is 4.79 Å². The summed E-state index contributed by atoms with van der Waals surface area (Å²) in [6, 6.07) is 10.4. The molecule has 0 atom stereocenters. The van der Waals surface area contributed by atoms with Gasteiger partial charge in [-0.1, -0.05) is 11.6 Å². The summed E-state index contributed by atoms with van der Waals surface area (Å²) in [4.78, 5) is 13.9. The first-order valence-electron chi connectivity index (χ1n) is 6.80. The molecule has 2 aromatic rings. The summed E-state index contributed by atoms with van der Waals surface area (Å²) in [5, 5.41) is 3.80. The van der Waals surface area contributed by atoms with E-state index in [-0.39, 0.29) is 10.9 Å². The Morgan fingerprint density at radius 1 is 1.17 bits per heavy atom. The number of nitrogens with one attached hydrogen (secondary N) is 3. The van der Waals surface area contributed by atoms with Crippen LogP contribution in [-0.2, 0) is 6.54 Å². The molecule has 0 spiro atoms. The van der Waals surface area contributed by atoms with E-state index in [0.29, 0.717) is 17.3 Å². The molecule has 23 heavy (non-hydrogen) atoms. The highest BCUT2D eigenvalue weighted by Gasteiger charge is 2.11. The molecule has 8 heteroatoms. The number of amides is 1. The predicted molar refractivity (Wildman–Crippen MR) is 94.4 cm³/mol. The second-order valence-electron chi connectivity index (χ2n) is 5.04. The summed E-state index contributed by atoms with van der Waals surface area (Å²) in [6.07, 6.45) is 0. The minimum atomic E-state index is -0.407. The van der Waals surface area contributed by atoms with Crippen LogP contribution in [-0.4, -0.2) is 30.0 Å². The highest BCUT2D eigenvalue weighted by molar-refractivity contribution is 7.80.